The van der Waals surface area contributed by atoms with Gasteiger partial charge in [-0.05, 0) is 23.6 Å². The van der Waals surface area contributed by atoms with E-state index in [1.807, 2.05) is 22.2 Å². The zero-order chi connectivity index (χ0) is 16.1. The Labute approximate surface area is 146 Å². The smallest absolute Gasteiger partial charge is 0.344 e. The maximum absolute atomic E-state index is 11.7. The summed E-state index contributed by atoms with van der Waals surface area (Å²) in [7, 11) is 0. The molecule has 0 aliphatic carbocycles. The Balaban J connectivity index is 1.49. The third-order valence-electron chi connectivity index (χ3n) is 2.88. The quantitative estimate of drug-likeness (QED) is 0.597. The van der Waals surface area contributed by atoms with Crippen LogP contribution in [0.4, 0.5) is 0 Å². The van der Waals surface area contributed by atoms with Gasteiger partial charge in [-0.15, -0.1) is 11.3 Å². The first kappa shape index (κ1) is 16.0. The molecule has 0 saturated carbocycles. The lowest BCUT2D eigenvalue weighted by Gasteiger charge is -2.07. The summed E-state index contributed by atoms with van der Waals surface area (Å²) in [5, 5.41) is 7.30. The maximum Gasteiger partial charge on any atom is 0.344 e. The molecule has 0 amide bonds. The average Bonchev–Trinajstić information content (AvgIpc) is 3.23. The molecule has 4 nitrogen and oxygen atoms in total. The molecular weight excluding hydrogens is 354 g/mol. The molecule has 0 bridgehead atoms. The van der Waals surface area contributed by atoms with E-state index in [9.17, 15) is 4.79 Å². The van der Waals surface area contributed by atoms with Crippen molar-refractivity contribution in [2.45, 2.75) is 6.61 Å². The van der Waals surface area contributed by atoms with Gasteiger partial charge in [0.25, 0.3) is 0 Å². The molecule has 23 heavy (non-hydrogen) atoms. The van der Waals surface area contributed by atoms with Crippen molar-refractivity contribution in [3.63, 3.8) is 0 Å². The Morgan fingerprint density at radius 2 is 2.09 bits per heavy atom. The fourth-order valence-corrected chi connectivity index (χ4v) is 3.49. The summed E-state index contributed by atoms with van der Waals surface area (Å²) in [6.07, 6.45) is 0. The second-order valence-electron chi connectivity index (χ2n) is 4.54. The van der Waals surface area contributed by atoms with Gasteiger partial charge in [-0.3, -0.25) is 0 Å². The highest BCUT2D eigenvalue weighted by Crippen LogP contribution is 2.26. The van der Waals surface area contributed by atoms with Gasteiger partial charge in [0.15, 0.2) is 6.61 Å². The van der Waals surface area contributed by atoms with Crippen molar-refractivity contribution >= 4 is 40.2 Å². The van der Waals surface area contributed by atoms with Gasteiger partial charge >= 0.3 is 5.97 Å². The van der Waals surface area contributed by atoms with E-state index in [1.165, 1.54) is 11.3 Å². The molecule has 118 valence electrons. The Kier molecular flexibility index (Phi) is 5.27. The number of hydrogen-bond acceptors (Lipinski definition) is 6. The van der Waals surface area contributed by atoms with Crippen molar-refractivity contribution in [1.29, 1.82) is 0 Å². The lowest BCUT2D eigenvalue weighted by Crippen LogP contribution is -2.15. The van der Waals surface area contributed by atoms with Crippen molar-refractivity contribution in [2.75, 3.05) is 6.61 Å². The van der Waals surface area contributed by atoms with Crippen LogP contribution in [0.1, 0.15) is 5.69 Å². The molecule has 2 aromatic heterocycles. The fourth-order valence-electron chi connectivity index (χ4n) is 1.79. The van der Waals surface area contributed by atoms with Crippen molar-refractivity contribution in [3.8, 4) is 16.3 Å². The number of ether oxygens (including phenoxy) is 2. The van der Waals surface area contributed by atoms with Gasteiger partial charge in [-0.2, -0.15) is 11.3 Å². The largest absolute Gasteiger partial charge is 0.480 e. The predicted molar refractivity (Wildman–Crippen MR) is 92.2 cm³/mol. The second-order valence-corrected chi connectivity index (χ2v) is 6.58. The molecule has 7 heteroatoms. The van der Waals surface area contributed by atoms with Crippen LogP contribution in [-0.4, -0.2) is 17.6 Å². The lowest BCUT2D eigenvalue weighted by atomic mass is 10.3. The van der Waals surface area contributed by atoms with Gasteiger partial charge in [-0.1, -0.05) is 23.7 Å². The minimum Gasteiger partial charge on any atom is -0.480 e. The van der Waals surface area contributed by atoms with E-state index in [-0.39, 0.29) is 13.2 Å². The molecule has 0 atom stereocenters. The number of halogens is 1. The number of nitrogens with zero attached hydrogens (tertiary/aromatic N) is 1. The zero-order valence-corrected chi connectivity index (χ0v) is 14.3. The molecule has 0 aliphatic rings. The topological polar surface area (TPSA) is 48.4 Å². The van der Waals surface area contributed by atoms with Crippen molar-refractivity contribution < 1.29 is 14.3 Å². The number of aromatic nitrogens is 1. The number of esters is 1. The summed E-state index contributed by atoms with van der Waals surface area (Å²) in [6, 6.07) is 8.98. The van der Waals surface area contributed by atoms with Crippen LogP contribution in [0.25, 0.3) is 10.6 Å². The number of thiophene rings is 1. The Morgan fingerprint density at radius 1 is 1.22 bits per heavy atom. The van der Waals surface area contributed by atoms with E-state index < -0.39 is 5.97 Å². The highest BCUT2D eigenvalue weighted by molar-refractivity contribution is 7.14. The Hall–Kier alpha value is -1.89. The minimum absolute atomic E-state index is 0.130. The molecule has 3 aromatic rings. The van der Waals surface area contributed by atoms with Gasteiger partial charge in [0.05, 0.1) is 10.7 Å². The van der Waals surface area contributed by atoms with Crippen LogP contribution in [0.15, 0.2) is 46.5 Å². The van der Waals surface area contributed by atoms with Gasteiger partial charge in [-0.25, -0.2) is 9.78 Å². The molecule has 2 heterocycles. The number of carbonyl (C=O) groups is 1. The van der Waals surface area contributed by atoms with E-state index in [0.717, 1.165) is 16.3 Å². The Bertz CT molecular complexity index is 786. The Morgan fingerprint density at radius 3 is 2.87 bits per heavy atom. The molecule has 0 radical (unpaired) electrons. The number of benzene rings is 1. The minimum atomic E-state index is -0.463. The molecule has 0 spiro atoms. The third kappa shape index (κ3) is 4.31. The molecule has 0 aliphatic heterocycles. The van der Waals surface area contributed by atoms with Crippen LogP contribution in [0.5, 0.6) is 5.75 Å². The molecule has 0 fully saturated rings. The molecule has 0 saturated heterocycles. The summed E-state index contributed by atoms with van der Waals surface area (Å²) in [5.41, 5.74) is 1.81. The summed E-state index contributed by atoms with van der Waals surface area (Å²) < 4.78 is 10.5. The molecule has 0 N–H and O–H groups in total. The fraction of sp³-hybridized carbons (Fsp3) is 0.125. The van der Waals surface area contributed by atoms with E-state index in [2.05, 4.69) is 4.98 Å². The highest BCUT2D eigenvalue weighted by Gasteiger charge is 2.09. The number of carbonyl (C=O) groups excluding carboxylic acids is 1. The number of para-hydroxylation sites is 1. The number of rotatable bonds is 6. The normalized spacial score (nSPS) is 10.5. The molecular formula is C16H12ClNO3S2. The third-order valence-corrected chi connectivity index (χ3v) is 4.82. The summed E-state index contributed by atoms with van der Waals surface area (Å²) in [4.78, 5) is 16.2. The van der Waals surface area contributed by atoms with Crippen LogP contribution < -0.4 is 4.74 Å². The average molecular weight is 366 g/mol. The zero-order valence-electron chi connectivity index (χ0n) is 11.9. The lowest BCUT2D eigenvalue weighted by molar-refractivity contribution is -0.147. The van der Waals surface area contributed by atoms with Crippen LogP contribution in [0.2, 0.25) is 5.02 Å². The predicted octanol–water partition coefficient (Wildman–Crippen LogP) is 4.65. The van der Waals surface area contributed by atoms with E-state index in [0.29, 0.717) is 10.8 Å². The molecule has 0 unspecified atom stereocenters. The monoisotopic (exact) mass is 365 g/mol. The summed E-state index contributed by atoms with van der Waals surface area (Å²) >= 11 is 9.10. The van der Waals surface area contributed by atoms with E-state index in [4.69, 9.17) is 21.1 Å². The van der Waals surface area contributed by atoms with Gasteiger partial charge < -0.3 is 9.47 Å². The van der Waals surface area contributed by atoms with Crippen LogP contribution >= 0.6 is 34.3 Å². The van der Waals surface area contributed by atoms with Gasteiger partial charge in [0, 0.05) is 16.3 Å². The highest BCUT2D eigenvalue weighted by atomic mass is 35.5. The first-order valence-electron chi connectivity index (χ1n) is 6.72. The number of hydrogen-bond donors (Lipinski definition) is 0. The van der Waals surface area contributed by atoms with E-state index in [1.54, 1.807) is 35.6 Å². The van der Waals surface area contributed by atoms with Crippen LogP contribution in [0, 0.1) is 0 Å². The summed E-state index contributed by atoms with van der Waals surface area (Å²) in [6.45, 7) is -0.0589. The molecule has 1 aromatic carbocycles. The van der Waals surface area contributed by atoms with E-state index >= 15 is 0 Å². The first-order chi connectivity index (χ1) is 11.2. The van der Waals surface area contributed by atoms with Gasteiger partial charge in [0.2, 0.25) is 0 Å². The van der Waals surface area contributed by atoms with Crippen LogP contribution in [0.3, 0.4) is 0 Å². The first-order valence-corrected chi connectivity index (χ1v) is 8.92. The van der Waals surface area contributed by atoms with Crippen molar-refractivity contribution in [3.05, 3.63) is 57.2 Å². The standard InChI is InChI=1S/C16H12ClNO3S2/c17-13-3-1-2-4-14(13)20-8-15(19)21-7-12-10-23-16(18-12)11-5-6-22-9-11/h1-6,9-10H,7-8H2. The summed E-state index contributed by atoms with van der Waals surface area (Å²) in [5.74, 6) is -0.00507. The second kappa shape index (κ2) is 7.59. The van der Waals surface area contributed by atoms with Crippen molar-refractivity contribution in [1.82, 2.24) is 4.98 Å². The van der Waals surface area contributed by atoms with Crippen molar-refractivity contribution in [2.24, 2.45) is 0 Å². The number of thiazole rings is 1. The van der Waals surface area contributed by atoms with Gasteiger partial charge in [0.1, 0.15) is 17.4 Å². The maximum atomic E-state index is 11.7. The van der Waals surface area contributed by atoms with Crippen LogP contribution in [-0.2, 0) is 16.1 Å². The SMILES string of the molecule is O=C(COc1ccccc1Cl)OCc1csc(-c2ccsc2)n1. The molecule has 3 rings (SSSR count).